The van der Waals surface area contributed by atoms with Crippen molar-refractivity contribution in [1.82, 2.24) is 19.5 Å². The van der Waals surface area contributed by atoms with Gasteiger partial charge in [-0.05, 0) is 0 Å². The van der Waals surface area contributed by atoms with E-state index in [0.717, 1.165) is 17.4 Å². The molecule has 2 aromatic rings. The summed E-state index contributed by atoms with van der Waals surface area (Å²) in [4.78, 5) is 59.6. The normalized spacial score (nSPS) is 24.2. The number of phosphoric ester groups is 1. The van der Waals surface area contributed by atoms with Crippen LogP contribution in [0.25, 0.3) is 11.2 Å². The number of rotatable bonds is 11. The minimum atomic E-state index is -5.76. The number of aliphatic hydroxyl groups is 2. The van der Waals surface area contributed by atoms with Crippen LogP contribution in [-0.4, -0.2) is 114 Å². The van der Waals surface area contributed by atoms with Crippen LogP contribution in [0.5, 0.6) is 0 Å². The molecule has 3 heterocycles. The van der Waals surface area contributed by atoms with Crippen molar-refractivity contribution in [1.29, 1.82) is 0 Å². The number of fused-ring (bicyclic) bond motifs is 1. The molecular weight excluding hydrogens is 621 g/mol. The molecule has 24 heteroatoms. The number of aliphatic hydroxyl groups excluding tert-OH is 2. The van der Waals surface area contributed by atoms with Gasteiger partial charge in [-0.15, -0.1) is 0 Å². The largest absolute Gasteiger partial charge is 0.756 e. The van der Waals surface area contributed by atoms with E-state index in [1.807, 2.05) is 0 Å². The summed E-state index contributed by atoms with van der Waals surface area (Å²) in [5.74, 6) is -0.166. The number of hydrogen-bond donors (Lipinski definition) is 6. The van der Waals surface area contributed by atoms with Crippen LogP contribution in [0.2, 0.25) is 0 Å². The Balaban J connectivity index is 0.000000503. The molecule has 0 aromatic carbocycles. The Labute approximate surface area is 232 Å². The molecule has 7 N–H and O–H groups in total. The number of nitrogen functional groups attached to an aromatic ring is 1. The Hall–Kier alpha value is -1.93. The molecule has 3 rings (SSSR count). The van der Waals surface area contributed by atoms with Gasteiger partial charge < -0.3 is 54.0 Å². The Morgan fingerprint density at radius 3 is 2.32 bits per heavy atom. The number of nitrogens with two attached hydrogens (primary N) is 1. The highest BCUT2D eigenvalue weighted by molar-refractivity contribution is 7.66. The van der Waals surface area contributed by atoms with Crippen LogP contribution < -0.4 is 10.6 Å². The maximum Gasteiger partial charge on any atom is 0.487 e. The summed E-state index contributed by atoms with van der Waals surface area (Å²) < 4.78 is 57.0. The van der Waals surface area contributed by atoms with Crippen molar-refractivity contribution in [2.24, 2.45) is 0 Å². The van der Waals surface area contributed by atoms with Crippen LogP contribution in [0.4, 0.5) is 5.82 Å². The molecule has 1 aliphatic rings. The highest BCUT2D eigenvalue weighted by Gasteiger charge is 2.45. The number of likely N-dealkylation sites (N-methyl/N-ethyl adjacent to an activating group) is 1. The molecule has 0 radical (unpaired) electrons. The first-order chi connectivity index (χ1) is 18.6. The Morgan fingerprint density at radius 1 is 1.12 bits per heavy atom. The summed E-state index contributed by atoms with van der Waals surface area (Å²) in [6.45, 7) is 1.78. The third-order valence-corrected chi connectivity index (χ3v) is 8.64. The smallest absolute Gasteiger partial charge is 0.487 e. The maximum absolute atomic E-state index is 11.7. The average molecular weight is 652 g/mol. The maximum atomic E-state index is 11.7. The molecule has 0 saturated carbocycles. The molecule has 1 fully saturated rings. The molecule has 21 nitrogen and oxygen atoms in total. The summed E-state index contributed by atoms with van der Waals surface area (Å²) in [6, 6.07) is 0. The van der Waals surface area contributed by atoms with Crippen molar-refractivity contribution < 1.29 is 75.4 Å². The second kappa shape index (κ2) is 13.6. The van der Waals surface area contributed by atoms with Gasteiger partial charge in [0.1, 0.15) is 43.3 Å². The van der Waals surface area contributed by atoms with Crippen LogP contribution in [0, 0.1) is 0 Å². The van der Waals surface area contributed by atoms with E-state index < -0.39 is 54.6 Å². The van der Waals surface area contributed by atoms with E-state index in [9.17, 15) is 33.6 Å². The van der Waals surface area contributed by atoms with E-state index in [4.69, 9.17) is 29.9 Å². The van der Waals surface area contributed by atoms with Gasteiger partial charge in [0.25, 0.3) is 7.82 Å². The van der Waals surface area contributed by atoms with E-state index in [-0.39, 0.29) is 23.0 Å². The zero-order valence-corrected chi connectivity index (χ0v) is 24.7. The number of quaternary nitrogens is 1. The minimum absolute atomic E-state index is 0.0343. The van der Waals surface area contributed by atoms with Crippen LogP contribution >= 0.6 is 23.5 Å². The molecule has 0 amide bonds. The molecule has 0 aliphatic carbocycles. The molecule has 0 spiro atoms. The van der Waals surface area contributed by atoms with E-state index in [2.05, 4.69) is 49.2 Å². The van der Waals surface area contributed by atoms with Gasteiger partial charge in [-0.3, -0.25) is 13.9 Å². The van der Waals surface area contributed by atoms with Gasteiger partial charge in [-0.25, -0.2) is 28.4 Å². The van der Waals surface area contributed by atoms with Crippen molar-refractivity contribution in [3.05, 3.63) is 12.7 Å². The van der Waals surface area contributed by atoms with Crippen molar-refractivity contribution in [2.75, 3.05) is 46.6 Å². The van der Waals surface area contributed by atoms with Crippen LogP contribution in [0.3, 0.4) is 0 Å². The average Bonchev–Trinajstić information content (AvgIpc) is 3.31. The standard InChI is InChI=1S/C10H16N5O13P3.C7H16NO2/c11-8-5-9(13-2-12-8)15(3-14-5)10-7(17)6(16)4(26-10)1-25-30(21,22)28-31(23,24)27-29(18,19)20;1-7(9)10-6-5-8(2,3)4/h2-4,6-7,10,16-17H,1H2,(H,21,22)(H,23,24)(H2,11,12,13)(H2,18,19,20);5-6H2,1-4H3/q;+1/p-1/t4-,6-,7-,10-;/m1./s1. The lowest BCUT2D eigenvalue weighted by Gasteiger charge is -2.26. The quantitative estimate of drug-likeness (QED) is 0.0868. The Morgan fingerprint density at radius 2 is 1.76 bits per heavy atom. The minimum Gasteiger partial charge on any atom is -0.756 e. The number of carbonyl (C=O) groups is 1. The molecule has 6 atom stereocenters. The first kappa shape index (κ1) is 35.3. The molecule has 1 saturated heterocycles. The SMILES string of the molecule is CC(=O)OCC[N+](C)(C)C.Nc1ncnc2c1ncn2[C@@H]1O[C@H](COP(=O)([O-])OP(=O)(O)OP(=O)(O)O)[C@@H](O)[C@H]1O. The van der Waals surface area contributed by atoms with E-state index in [1.165, 1.54) is 17.8 Å². The number of nitrogens with zero attached hydrogens (tertiary/aromatic N) is 5. The fraction of sp³-hybridized carbons (Fsp3) is 0.647. The van der Waals surface area contributed by atoms with Crippen LogP contribution in [0.15, 0.2) is 12.7 Å². The summed E-state index contributed by atoms with van der Waals surface area (Å²) in [5, 5.41) is 20.4. The van der Waals surface area contributed by atoms with Gasteiger partial charge >= 0.3 is 21.6 Å². The number of carbonyl (C=O) groups excluding carboxylic acids is 1. The summed E-state index contributed by atoms with van der Waals surface area (Å²) in [5.41, 5.74) is 5.97. The van der Waals surface area contributed by atoms with Crippen molar-refractivity contribution >= 4 is 46.4 Å². The molecule has 41 heavy (non-hydrogen) atoms. The third kappa shape index (κ3) is 11.3. The fourth-order valence-corrected chi connectivity index (χ4v) is 6.07. The highest BCUT2D eigenvalue weighted by atomic mass is 31.3. The lowest BCUT2D eigenvalue weighted by Crippen LogP contribution is -2.37. The first-order valence-electron chi connectivity index (χ1n) is 11.3. The number of aromatic nitrogens is 4. The van der Waals surface area contributed by atoms with Crippen molar-refractivity contribution in [2.45, 2.75) is 31.5 Å². The lowest BCUT2D eigenvalue weighted by atomic mass is 10.1. The van der Waals surface area contributed by atoms with Crippen molar-refractivity contribution in [3.8, 4) is 0 Å². The van der Waals surface area contributed by atoms with Gasteiger partial charge in [0.15, 0.2) is 17.7 Å². The van der Waals surface area contributed by atoms with Crippen LogP contribution in [0.1, 0.15) is 13.2 Å². The number of imidazole rings is 1. The molecule has 1 aliphatic heterocycles. The molecular formula is C17H31N6O15P3. The molecule has 2 aromatic heterocycles. The second-order valence-corrected chi connectivity index (χ2v) is 13.7. The Bertz CT molecular complexity index is 1350. The topological polar surface area (TPSA) is 308 Å². The van der Waals surface area contributed by atoms with E-state index in [1.54, 1.807) is 0 Å². The number of anilines is 1. The van der Waals surface area contributed by atoms with Gasteiger partial charge in [-0.1, -0.05) is 0 Å². The number of esters is 1. The summed E-state index contributed by atoms with van der Waals surface area (Å²) in [7, 11) is -10.8. The van der Waals surface area contributed by atoms with Gasteiger partial charge in [0.05, 0.1) is 34.1 Å². The fourth-order valence-electron chi connectivity index (χ4n) is 3.08. The van der Waals surface area contributed by atoms with Gasteiger partial charge in [-0.2, -0.15) is 4.31 Å². The first-order valence-corrected chi connectivity index (χ1v) is 15.7. The molecule has 234 valence electrons. The summed E-state index contributed by atoms with van der Waals surface area (Å²) >= 11 is 0. The monoisotopic (exact) mass is 652 g/mol. The number of phosphoric acid groups is 3. The van der Waals surface area contributed by atoms with E-state index in [0.29, 0.717) is 6.61 Å². The second-order valence-electron chi connectivity index (χ2n) is 9.35. The third-order valence-electron chi connectivity index (χ3n) is 4.88. The zero-order valence-electron chi connectivity index (χ0n) is 22.1. The van der Waals surface area contributed by atoms with Gasteiger partial charge in [0, 0.05) is 6.92 Å². The lowest BCUT2D eigenvalue weighted by molar-refractivity contribution is -0.870. The van der Waals surface area contributed by atoms with Gasteiger partial charge in [0.2, 0.25) is 0 Å². The number of ether oxygens (including phenoxy) is 2. The highest BCUT2D eigenvalue weighted by Crippen LogP contribution is 2.65. The molecule has 0 bridgehead atoms. The van der Waals surface area contributed by atoms with E-state index >= 15 is 0 Å². The predicted octanol–water partition coefficient (Wildman–Crippen LogP) is -2.01. The van der Waals surface area contributed by atoms with Crippen molar-refractivity contribution in [3.63, 3.8) is 0 Å². The molecule has 2 unspecified atom stereocenters. The zero-order chi connectivity index (χ0) is 31.4. The summed E-state index contributed by atoms with van der Waals surface area (Å²) in [6.07, 6.45) is -3.82. The van der Waals surface area contributed by atoms with Crippen LogP contribution in [-0.2, 0) is 41.1 Å². The predicted molar refractivity (Wildman–Crippen MR) is 133 cm³/mol. The number of hydrogen-bond acceptors (Lipinski definition) is 16. The Kier molecular flexibility index (Phi) is 11.7.